The van der Waals surface area contributed by atoms with Crippen molar-refractivity contribution in [1.29, 1.82) is 0 Å². The number of anilines is 1. The van der Waals surface area contributed by atoms with Crippen LogP contribution in [0, 0.1) is 6.92 Å². The first-order valence-corrected chi connectivity index (χ1v) is 11.7. The molecule has 0 radical (unpaired) electrons. The number of nitrogens with zero attached hydrogens (tertiary/aromatic N) is 1. The van der Waals surface area contributed by atoms with E-state index in [1.165, 1.54) is 0 Å². The van der Waals surface area contributed by atoms with Crippen LogP contribution < -0.4 is 21.9 Å². The minimum absolute atomic E-state index is 0.123. The average Bonchev–Trinajstić information content (AvgIpc) is 3.11. The Morgan fingerprint density at radius 2 is 1.91 bits per heavy atom. The molecule has 3 aromatic rings. The van der Waals surface area contributed by atoms with Crippen molar-refractivity contribution in [2.24, 2.45) is 4.99 Å². The third-order valence-electron chi connectivity index (χ3n) is 5.13. The van der Waals surface area contributed by atoms with Gasteiger partial charge in [0.1, 0.15) is 16.9 Å². The topological polar surface area (TPSA) is 157 Å². The van der Waals surface area contributed by atoms with Crippen molar-refractivity contribution in [3.63, 3.8) is 0 Å². The normalized spacial score (nSPS) is 17.3. The summed E-state index contributed by atoms with van der Waals surface area (Å²) in [7, 11) is 0. The summed E-state index contributed by atoms with van der Waals surface area (Å²) in [6, 6.07) is 12.7. The quantitative estimate of drug-likeness (QED) is 0.341. The number of hydrogen-bond acceptors (Lipinski definition) is 7. The zero-order chi connectivity index (χ0) is 25.1. The van der Waals surface area contributed by atoms with E-state index in [1.54, 1.807) is 36.4 Å². The van der Waals surface area contributed by atoms with Crippen molar-refractivity contribution in [3.8, 4) is 5.88 Å². The molecule has 0 bridgehead atoms. The molecule has 0 unspecified atom stereocenters. The van der Waals surface area contributed by atoms with E-state index in [2.05, 4.69) is 25.6 Å². The Morgan fingerprint density at radius 1 is 1.17 bits per heavy atom. The van der Waals surface area contributed by atoms with Gasteiger partial charge in [-0.3, -0.25) is 24.4 Å². The molecule has 2 amide bonds. The van der Waals surface area contributed by atoms with Crippen molar-refractivity contribution in [2.75, 3.05) is 5.32 Å². The van der Waals surface area contributed by atoms with Crippen LogP contribution in [0.3, 0.4) is 0 Å². The number of amidine groups is 1. The van der Waals surface area contributed by atoms with Crippen molar-refractivity contribution in [1.82, 2.24) is 15.3 Å². The fourth-order valence-electron chi connectivity index (χ4n) is 3.46. The summed E-state index contributed by atoms with van der Waals surface area (Å²) in [6.45, 7) is 1.89. The van der Waals surface area contributed by atoms with E-state index < -0.39 is 34.3 Å². The summed E-state index contributed by atoms with van der Waals surface area (Å²) in [6.07, 6.45) is -0.123. The summed E-state index contributed by atoms with van der Waals surface area (Å²) in [5.74, 6) is -1.43. The lowest BCUT2D eigenvalue weighted by atomic mass is 10.00. The van der Waals surface area contributed by atoms with Gasteiger partial charge in [0, 0.05) is 17.1 Å². The van der Waals surface area contributed by atoms with Gasteiger partial charge < -0.3 is 15.7 Å². The largest absolute Gasteiger partial charge is 0.494 e. The van der Waals surface area contributed by atoms with E-state index in [0.29, 0.717) is 16.3 Å². The maximum absolute atomic E-state index is 12.5. The van der Waals surface area contributed by atoms with Gasteiger partial charge in [-0.2, -0.15) is 0 Å². The van der Waals surface area contributed by atoms with Crippen molar-refractivity contribution >= 4 is 46.0 Å². The number of rotatable bonds is 6. The molecular weight excluding hydrogens is 494 g/mol. The first-order chi connectivity index (χ1) is 16.7. The molecule has 1 aromatic heterocycles. The van der Waals surface area contributed by atoms with Gasteiger partial charge in [0.25, 0.3) is 5.56 Å². The summed E-state index contributed by atoms with van der Waals surface area (Å²) in [5.41, 5.74) is 0.167. The molecule has 1 aliphatic rings. The molecule has 10 nitrogen and oxygen atoms in total. The number of carbonyl (C=O) groups is 2. The number of halogens is 1. The molecule has 35 heavy (non-hydrogen) atoms. The van der Waals surface area contributed by atoms with Gasteiger partial charge in [-0.05, 0) is 30.7 Å². The molecule has 5 N–H and O–H groups in total. The molecule has 2 atom stereocenters. The number of aromatic amines is 2. The number of benzene rings is 2. The third-order valence-corrected chi connectivity index (χ3v) is 6.46. The van der Waals surface area contributed by atoms with Crippen molar-refractivity contribution in [2.45, 2.75) is 24.6 Å². The highest BCUT2D eigenvalue weighted by atomic mass is 35.5. The van der Waals surface area contributed by atoms with Crippen LogP contribution in [0.5, 0.6) is 5.88 Å². The van der Waals surface area contributed by atoms with Gasteiger partial charge in [0.2, 0.25) is 17.7 Å². The average molecular weight is 514 g/mol. The van der Waals surface area contributed by atoms with Crippen LogP contribution in [0.15, 0.2) is 63.1 Å². The predicted octanol–water partition coefficient (Wildman–Crippen LogP) is 2.44. The van der Waals surface area contributed by atoms with Crippen LogP contribution >= 0.6 is 23.4 Å². The Balaban J connectivity index is 1.59. The molecule has 12 heteroatoms. The number of carbonyl (C=O) groups excluding carboxylic acids is 2. The highest BCUT2D eigenvalue weighted by Crippen LogP contribution is 2.32. The minimum Gasteiger partial charge on any atom is -0.494 e. The van der Waals surface area contributed by atoms with E-state index in [0.717, 1.165) is 17.3 Å². The zero-order valence-electron chi connectivity index (χ0n) is 18.3. The molecule has 180 valence electrons. The zero-order valence-corrected chi connectivity index (χ0v) is 19.9. The Bertz CT molecular complexity index is 1430. The van der Waals surface area contributed by atoms with Crippen LogP contribution in [0.1, 0.15) is 29.2 Å². The number of thioether (sulfide) groups is 1. The van der Waals surface area contributed by atoms with Crippen LogP contribution in [0.4, 0.5) is 5.69 Å². The first kappa shape index (κ1) is 24.3. The van der Waals surface area contributed by atoms with Gasteiger partial charge in [-0.15, -0.1) is 0 Å². The lowest BCUT2D eigenvalue weighted by Crippen LogP contribution is -2.29. The molecule has 0 aliphatic carbocycles. The monoisotopic (exact) mass is 513 g/mol. The van der Waals surface area contributed by atoms with Crippen LogP contribution in [-0.2, 0) is 9.59 Å². The molecule has 2 heterocycles. The second kappa shape index (κ2) is 10.2. The van der Waals surface area contributed by atoms with Gasteiger partial charge in [0.05, 0.1) is 0 Å². The van der Waals surface area contributed by atoms with Crippen LogP contribution in [0.25, 0.3) is 0 Å². The number of hydrogen-bond donors (Lipinski definition) is 5. The summed E-state index contributed by atoms with van der Waals surface area (Å²) >= 11 is 6.97. The number of aryl methyl sites for hydroxylation is 1. The van der Waals surface area contributed by atoms with E-state index in [1.807, 2.05) is 19.1 Å². The number of aliphatic imine (C=N–C) groups is 1. The number of amides is 2. The smallest absolute Gasteiger partial charge is 0.328 e. The van der Waals surface area contributed by atoms with E-state index in [4.69, 9.17) is 11.6 Å². The number of H-pyrrole nitrogens is 2. The van der Waals surface area contributed by atoms with E-state index in [9.17, 15) is 24.3 Å². The Kier molecular flexibility index (Phi) is 7.08. The second-order valence-electron chi connectivity index (χ2n) is 7.78. The Labute approximate surface area is 207 Å². The standard InChI is InChI=1S/C23H20ClN5O5S/c1-11-5-7-12(8-6-11)18(17-20(32)27-22(34)28-21(17)33)26-23-29-19(31)15(35-23)10-16(30)25-14-4-2-3-13(24)9-14/h2-9,15,18H,10H2,1H3,(H,25,30)(H,26,29,31)(H3,27,28,32,33,34)/t15-,18+/m1/s1. The minimum atomic E-state index is -1.03. The highest BCUT2D eigenvalue weighted by Gasteiger charge is 2.33. The van der Waals surface area contributed by atoms with E-state index >= 15 is 0 Å². The summed E-state index contributed by atoms with van der Waals surface area (Å²) < 4.78 is 0. The maximum Gasteiger partial charge on any atom is 0.328 e. The van der Waals surface area contributed by atoms with Crippen LogP contribution in [0.2, 0.25) is 5.02 Å². The number of aromatic nitrogens is 2. The second-order valence-corrected chi connectivity index (χ2v) is 9.40. The first-order valence-electron chi connectivity index (χ1n) is 10.4. The fourth-order valence-corrected chi connectivity index (χ4v) is 4.64. The van der Waals surface area contributed by atoms with Crippen molar-refractivity contribution < 1.29 is 14.7 Å². The molecular formula is C23H20ClN5O5S. The molecule has 1 fully saturated rings. The van der Waals surface area contributed by atoms with Crippen molar-refractivity contribution in [3.05, 3.63) is 91.1 Å². The number of nitrogens with one attached hydrogen (secondary N) is 4. The molecule has 0 spiro atoms. The van der Waals surface area contributed by atoms with Gasteiger partial charge in [-0.25, -0.2) is 9.79 Å². The van der Waals surface area contributed by atoms with Gasteiger partial charge in [0.15, 0.2) is 5.17 Å². The maximum atomic E-state index is 12.5. The number of aromatic hydroxyl groups is 1. The highest BCUT2D eigenvalue weighted by molar-refractivity contribution is 8.15. The molecule has 4 rings (SSSR count). The Hall–Kier alpha value is -3.83. The summed E-state index contributed by atoms with van der Waals surface area (Å²) in [4.78, 5) is 57.8. The molecule has 2 aromatic carbocycles. The van der Waals surface area contributed by atoms with Gasteiger partial charge >= 0.3 is 5.69 Å². The van der Waals surface area contributed by atoms with E-state index in [-0.39, 0.29) is 23.1 Å². The SMILES string of the molecule is Cc1ccc([C@H](N=C2NC(=O)[C@@H](CC(=O)Nc3cccc(Cl)c3)S2)c2c(O)[nH]c(=O)[nH]c2=O)cc1. The fraction of sp³-hybridized carbons (Fsp3) is 0.174. The predicted molar refractivity (Wildman–Crippen MR) is 134 cm³/mol. The lowest BCUT2D eigenvalue weighted by Gasteiger charge is -2.14. The van der Waals surface area contributed by atoms with Gasteiger partial charge in [-0.1, -0.05) is 59.3 Å². The third kappa shape index (κ3) is 5.81. The summed E-state index contributed by atoms with van der Waals surface area (Å²) in [5, 5.41) is 15.5. The molecule has 0 saturated carbocycles. The molecule has 1 aliphatic heterocycles. The molecule has 1 saturated heterocycles. The Morgan fingerprint density at radius 3 is 2.60 bits per heavy atom. The lowest BCUT2D eigenvalue weighted by molar-refractivity contribution is -0.122. The van der Waals surface area contributed by atoms with Crippen LogP contribution in [-0.4, -0.2) is 37.3 Å².